The highest BCUT2D eigenvalue weighted by Crippen LogP contribution is 2.28. The molecule has 0 amide bonds. The molecule has 0 aromatic carbocycles. The van der Waals surface area contributed by atoms with Gasteiger partial charge in [0.05, 0.1) is 6.04 Å². The van der Waals surface area contributed by atoms with Crippen molar-refractivity contribution < 1.29 is 0 Å². The molecule has 1 unspecified atom stereocenters. The van der Waals surface area contributed by atoms with Crippen LogP contribution in [-0.2, 0) is 0 Å². The van der Waals surface area contributed by atoms with E-state index in [0.29, 0.717) is 6.04 Å². The SMILES string of the molecule is CN1CCCC1c1n[nH]c2cc(=O)ccn12. The monoisotopic (exact) mass is 218 g/mol. The van der Waals surface area contributed by atoms with Crippen molar-refractivity contribution in [3.05, 3.63) is 34.4 Å². The lowest BCUT2D eigenvalue weighted by atomic mass is 10.2. The maximum Gasteiger partial charge on any atom is 0.183 e. The number of hydrogen-bond donors (Lipinski definition) is 1. The molecule has 2 aromatic heterocycles. The molecule has 0 spiro atoms. The number of fused-ring (bicyclic) bond motifs is 1. The van der Waals surface area contributed by atoms with Crippen LogP contribution in [-0.4, -0.2) is 33.1 Å². The van der Waals surface area contributed by atoms with Crippen molar-refractivity contribution in [3.63, 3.8) is 0 Å². The third-order valence-electron chi connectivity index (χ3n) is 3.28. The number of H-pyrrole nitrogens is 1. The quantitative estimate of drug-likeness (QED) is 0.770. The highest BCUT2D eigenvalue weighted by atomic mass is 16.1. The van der Waals surface area contributed by atoms with Gasteiger partial charge < -0.3 is 0 Å². The molecule has 5 nitrogen and oxygen atoms in total. The summed E-state index contributed by atoms with van der Waals surface area (Å²) in [5, 5.41) is 7.24. The minimum Gasteiger partial charge on any atom is -0.296 e. The summed E-state index contributed by atoms with van der Waals surface area (Å²) >= 11 is 0. The molecule has 84 valence electrons. The standard InChI is InChI=1S/C11H14N4O/c1-14-5-2-3-9(14)11-13-12-10-7-8(16)4-6-15(10)11/h4,6-7,9,12H,2-3,5H2,1H3. The Balaban J connectivity index is 2.14. The summed E-state index contributed by atoms with van der Waals surface area (Å²) < 4.78 is 1.97. The number of nitrogens with one attached hydrogen (secondary N) is 1. The Morgan fingerprint density at radius 2 is 2.44 bits per heavy atom. The minimum atomic E-state index is 0.00924. The Morgan fingerprint density at radius 3 is 3.19 bits per heavy atom. The largest absolute Gasteiger partial charge is 0.296 e. The van der Waals surface area contributed by atoms with E-state index < -0.39 is 0 Å². The summed E-state index contributed by atoms with van der Waals surface area (Å²) in [4.78, 5) is 13.5. The average molecular weight is 218 g/mol. The summed E-state index contributed by atoms with van der Waals surface area (Å²) in [6, 6.07) is 3.50. The smallest absolute Gasteiger partial charge is 0.183 e. The first-order valence-corrected chi connectivity index (χ1v) is 5.52. The zero-order chi connectivity index (χ0) is 11.1. The Hall–Kier alpha value is -1.62. The van der Waals surface area contributed by atoms with Crippen LogP contribution in [0.25, 0.3) is 5.65 Å². The molecular formula is C11H14N4O. The van der Waals surface area contributed by atoms with Gasteiger partial charge >= 0.3 is 0 Å². The Bertz CT molecular complexity index is 571. The molecule has 1 aliphatic rings. The molecule has 1 atom stereocenters. The zero-order valence-electron chi connectivity index (χ0n) is 9.18. The van der Waals surface area contributed by atoms with E-state index in [1.54, 1.807) is 18.3 Å². The van der Waals surface area contributed by atoms with Crippen LogP contribution in [0.2, 0.25) is 0 Å². The lowest BCUT2D eigenvalue weighted by Gasteiger charge is -2.17. The Labute approximate surface area is 92.7 Å². The topological polar surface area (TPSA) is 53.4 Å². The second-order valence-corrected chi connectivity index (χ2v) is 4.34. The summed E-state index contributed by atoms with van der Waals surface area (Å²) in [7, 11) is 2.11. The average Bonchev–Trinajstić information content (AvgIpc) is 2.83. The van der Waals surface area contributed by atoms with Gasteiger partial charge in [-0.1, -0.05) is 0 Å². The summed E-state index contributed by atoms with van der Waals surface area (Å²) in [5.41, 5.74) is 0.776. The maximum absolute atomic E-state index is 11.2. The molecule has 0 saturated carbocycles. The third-order valence-corrected chi connectivity index (χ3v) is 3.28. The Morgan fingerprint density at radius 1 is 1.56 bits per heavy atom. The first kappa shape index (κ1) is 9.59. The first-order chi connectivity index (χ1) is 7.75. The van der Waals surface area contributed by atoms with E-state index in [9.17, 15) is 4.79 Å². The predicted molar refractivity (Wildman–Crippen MR) is 60.4 cm³/mol. The molecule has 3 heterocycles. The lowest BCUT2D eigenvalue weighted by Crippen LogP contribution is -2.19. The van der Waals surface area contributed by atoms with Crippen LogP contribution < -0.4 is 5.43 Å². The number of hydrogen-bond acceptors (Lipinski definition) is 3. The number of aromatic amines is 1. The van der Waals surface area contributed by atoms with Gasteiger partial charge in [-0.25, -0.2) is 0 Å². The molecule has 0 radical (unpaired) electrons. The molecule has 0 bridgehead atoms. The van der Waals surface area contributed by atoms with E-state index in [4.69, 9.17) is 0 Å². The van der Waals surface area contributed by atoms with E-state index in [2.05, 4.69) is 22.1 Å². The number of rotatable bonds is 1. The van der Waals surface area contributed by atoms with E-state index in [-0.39, 0.29) is 5.43 Å². The van der Waals surface area contributed by atoms with Gasteiger partial charge in [0.15, 0.2) is 11.3 Å². The van der Waals surface area contributed by atoms with Gasteiger partial charge in [-0.15, -0.1) is 0 Å². The van der Waals surface area contributed by atoms with E-state index in [1.807, 2.05) is 4.40 Å². The van der Waals surface area contributed by atoms with Crippen molar-refractivity contribution in [2.75, 3.05) is 13.6 Å². The number of aromatic nitrogens is 3. The fourth-order valence-corrected chi connectivity index (χ4v) is 2.41. The van der Waals surface area contributed by atoms with Crippen molar-refractivity contribution >= 4 is 5.65 Å². The molecule has 2 aromatic rings. The second-order valence-electron chi connectivity index (χ2n) is 4.34. The van der Waals surface area contributed by atoms with Gasteiger partial charge in [-0.3, -0.25) is 19.2 Å². The van der Waals surface area contributed by atoms with Crippen LogP contribution in [0.5, 0.6) is 0 Å². The molecule has 3 rings (SSSR count). The zero-order valence-corrected chi connectivity index (χ0v) is 9.18. The van der Waals surface area contributed by atoms with Crippen LogP contribution in [0.15, 0.2) is 23.1 Å². The van der Waals surface area contributed by atoms with Gasteiger partial charge in [0.1, 0.15) is 5.65 Å². The highest BCUT2D eigenvalue weighted by Gasteiger charge is 2.26. The number of pyridine rings is 1. The normalized spacial score (nSPS) is 21.9. The number of nitrogens with zero attached hydrogens (tertiary/aromatic N) is 3. The van der Waals surface area contributed by atoms with Crippen molar-refractivity contribution in [1.29, 1.82) is 0 Å². The van der Waals surface area contributed by atoms with Gasteiger partial charge in [0.25, 0.3) is 0 Å². The summed E-state index contributed by atoms with van der Waals surface area (Å²) in [6.07, 6.45) is 4.13. The van der Waals surface area contributed by atoms with E-state index in [0.717, 1.165) is 24.4 Å². The summed E-state index contributed by atoms with van der Waals surface area (Å²) in [5.74, 6) is 0.995. The van der Waals surface area contributed by atoms with Crippen LogP contribution >= 0.6 is 0 Å². The highest BCUT2D eigenvalue weighted by molar-refractivity contribution is 5.37. The molecule has 16 heavy (non-hydrogen) atoms. The van der Waals surface area contributed by atoms with E-state index in [1.165, 1.54) is 6.42 Å². The molecule has 1 N–H and O–H groups in total. The maximum atomic E-state index is 11.2. The fraction of sp³-hybridized carbons (Fsp3) is 0.455. The fourth-order valence-electron chi connectivity index (χ4n) is 2.41. The van der Waals surface area contributed by atoms with E-state index >= 15 is 0 Å². The van der Waals surface area contributed by atoms with Gasteiger partial charge in [-0.2, -0.15) is 5.10 Å². The van der Waals surface area contributed by atoms with Crippen LogP contribution in [0, 0.1) is 0 Å². The molecule has 1 fully saturated rings. The van der Waals surface area contributed by atoms with Crippen LogP contribution in [0.3, 0.4) is 0 Å². The van der Waals surface area contributed by atoms with Crippen molar-refractivity contribution in [2.45, 2.75) is 18.9 Å². The van der Waals surface area contributed by atoms with Crippen molar-refractivity contribution in [1.82, 2.24) is 19.5 Å². The molecule has 1 aliphatic heterocycles. The van der Waals surface area contributed by atoms with Crippen LogP contribution in [0.4, 0.5) is 0 Å². The van der Waals surface area contributed by atoms with Gasteiger partial charge in [-0.05, 0) is 26.4 Å². The number of likely N-dealkylation sites (tertiary alicyclic amines) is 1. The van der Waals surface area contributed by atoms with Gasteiger partial charge in [0, 0.05) is 18.3 Å². The minimum absolute atomic E-state index is 0.00924. The summed E-state index contributed by atoms with van der Waals surface area (Å²) in [6.45, 7) is 1.11. The van der Waals surface area contributed by atoms with Crippen molar-refractivity contribution in [3.8, 4) is 0 Å². The molecule has 0 aliphatic carbocycles. The second kappa shape index (κ2) is 3.45. The Kier molecular flexibility index (Phi) is 2.07. The molecular weight excluding hydrogens is 204 g/mol. The molecule has 1 saturated heterocycles. The third kappa shape index (κ3) is 1.36. The first-order valence-electron chi connectivity index (χ1n) is 5.52. The van der Waals surface area contributed by atoms with Crippen molar-refractivity contribution in [2.24, 2.45) is 0 Å². The molecule has 5 heteroatoms. The predicted octanol–water partition coefficient (Wildman–Crippen LogP) is 0.789. The van der Waals surface area contributed by atoms with Gasteiger partial charge in [0.2, 0.25) is 0 Å². The van der Waals surface area contributed by atoms with Crippen LogP contribution in [0.1, 0.15) is 24.7 Å². The lowest BCUT2D eigenvalue weighted by molar-refractivity contribution is 0.304.